The molecule has 1 saturated heterocycles. The van der Waals surface area contributed by atoms with Crippen LogP contribution in [0.25, 0.3) is 0 Å². The predicted octanol–water partition coefficient (Wildman–Crippen LogP) is 4.35. The number of halogens is 1. The van der Waals surface area contributed by atoms with Gasteiger partial charge in [-0.25, -0.2) is 0 Å². The number of carboxylic acids is 1. The molecule has 0 radical (unpaired) electrons. The highest BCUT2D eigenvalue weighted by Gasteiger charge is 2.33. The summed E-state index contributed by atoms with van der Waals surface area (Å²) in [7, 11) is 3.28. The second kappa shape index (κ2) is 8.76. The zero-order valence-electron chi connectivity index (χ0n) is 15.5. The maximum absolute atomic E-state index is 11.3. The third kappa shape index (κ3) is 4.12. The number of piperidine rings is 1. The van der Waals surface area contributed by atoms with Crippen LogP contribution in [0.2, 0.25) is 0 Å². The van der Waals surface area contributed by atoms with Gasteiger partial charge in [0.05, 0.1) is 26.2 Å². The van der Waals surface area contributed by atoms with Crippen molar-refractivity contribution in [2.75, 3.05) is 27.3 Å². The highest BCUT2D eigenvalue weighted by atomic mass is 79.9. The molecule has 3 rings (SSSR count). The fraction of sp³-hybridized carbons (Fsp3) is 0.381. The summed E-state index contributed by atoms with van der Waals surface area (Å²) in [5.74, 6) is 0.424. The Hall–Kier alpha value is -2.05. The number of carbonyl (C=O) groups is 1. The summed E-state index contributed by atoms with van der Waals surface area (Å²) in [5, 5.41) is 9.33. The van der Waals surface area contributed by atoms with E-state index in [1.54, 1.807) is 14.2 Å². The number of hydrogen-bond donors (Lipinski definition) is 1. The van der Waals surface area contributed by atoms with E-state index >= 15 is 0 Å². The standard InChI is InChI=1S/C21H24BrNO4/c1-26-18-9-5-7-16(20(18)27-2)19(15-6-3-4-8-17(15)22)23-12-10-14(11-13-23)21(24)25/h3-9,14,19H,10-13H2,1-2H3,(H,24,25). The van der Waals surface area contributed by atoms with Gasteiger partial charge < -0.3 is 14.6 Å². The van der Waals surface area contributed by atoms with Gasteiger partial charge >= 0.3 is 5.97 Å². The molecule has 1 aliphatic rings. The van der Waals surface area contributed by atoms with E-state index in [4.69, 9.17) is 9.47 Å². The molecule has 1 aliphatic heterocycles. The summed E-state index contributed by atoms with van der Waals surface area (Å²) in [6.45, 7) is 1.42. The largest absolute Gasteiger partial charge is 0.493 e. The maximum atomic E-state index is 11.3. The number of carboxylic acid groups (broad SMARTS) is 1. The van der Waals surface area contributed by atoms with Crippen molar-refractivity contribution >= 4 is 21.9 Å². The molecule has 144 valence electrons. The maximum Gasteiger partial charge on any atom is 0.306 e. The first-order valence-corrected chi connectivity index (χ1v) is 9.78. The van der Waals surface area contributed by atoms with Crippen LogP contribution in [-0.4, -0.2) is 43.3 Å². The van der Waals surface area contributed by atoms with Gasteiger partial charge in [0.1, 0.15) is 0 Å². The third-order valence-electron chi connectivity index (χ3n) is 5.17. The molecule has 2 aromatic carbocycles. The molecule has 27 heavy (non-hydrogen) atoms. The Labute approximate surface area is 168 Å². The summed E-state index contributed by atoms with van der Waals surface area (Å²) < 4.78 is 12.2. The Morgan fingerprint density at radius 3 is 2.33 bits per heavy atom. The number of benzene rings is 2. The Morgan fingerprint density at radius 1 is 1.07 bits per heavy atom. The molecular formula is C21H24BrNO4. The quantitative estimate of drug-likeness (QED) is 0.733. The molecule has 1 unspecified atom stereocenters. The van der Waals surface area contributed by atoms with Crippen molar-refractivity contribution < 1.29 is 19.4 Å². The van der Waals surface area contributed by atoms with E-state index in [1.807, 2.05) is 30.3 Å². The molecule has 1 N–H and O–H groups in total. The number of ether oxygens (including phenoxy) is 2. The zero-order chi connectivity index (χ0) is 19.4. The average molecular weight is 434 g/mol. The van der Waals surface area contributed by atoms with Crippen LogP contribution in [0.4, 0.5) is 0 Å². The summed E-state index contributed by atoms with van der Waals surface area (Å²) >= 11 is 3.69. The topological polar surface area (TPSA) is 59.0 Å². The lowest BCUT2D eigenvalue weighted by Crippen LogP contribution is -2.39. The van der Waals surface area contributed by atoms with Gasteiger partial charge in [0.15, 0.2) is 11.5 Å². The first-order chi connectivity index (χ1) is 13.1. The SMILES string of the molecule is COc1cccc(C(c2ccccc2Br)N2CCC(C(=O)O)CC2)c1OC. The second-order valence-electron chi connectivity index (χ2n) is 6.66. The van der Waals surface area contributed by atoms with Crippen LogP contribution in [-0.2, 0) is 4.79 Å². The van der Waals surface area contributed by atoms with Crippen molar-refractivity contribution in [1.82, 2.24) is 4.90 Å². The van der Waals surface area contributed by atoms with Crippen molar-refractivity contribution in [1.29, 1.82) is 0 Å². The smallest absolute Gasteiger partial charge is 0.306 e. The lowest BCUT2D eigenvalue weighted by molar-refractivity contribution is -0.143. The Kier molecular flexibility index (Phi) is 6.39. The molecule has 0 saturated carbocycles. The van der Waals surface area contributed by atoms with Crippen LogP contribution in [0.1, 0.15) is 30.0 Å². The van der Waals surface area contributed by atoms with E-state index in [0.717, 1.165) is 15.6 Å². The predicted molar refractivity (Wildman–Crippen MR) is 107 cm³/mol. The molecule has 0 aliphatic carbocycles. The van der Waals surface area contributed by atoms with E-state index < -0.39 is 5.97 Å². The van der Waals surface area contributed by atoms with Gasteiger partial charge in [-0.2, -0.15) is 0 Å². The average Bonchev–Trinajstić information content (AvgIpc) is 2.69. The highest BCUT2D eigenvalue weighted by molar-refractivity contribution is 9.10. The van der Waals surface area contributed by atoms with Crippen LogP contribution in [0.15, 0.2) is 46.9 Å². The van der Waals surface area contributed by atoms with Gasteiger partial charge in [0.2, 0.25) is 0 Å². The van der Waals surface area contributed by atoms with Crippen LogP contribution in [0, 0.1) is 5.92 Å². The lowest BCUT2D eigenvalue weighted by atomic mass is 9.91. The van der Waals surface area contributed by atoms with Crippen molar-refractivity contribution in [2.24, 2.45) is 5.92 Å². The molecule has 0 amide bonds. The first-order valence-electron chi connectivity index (χ1n) is 8.99. The van der Waals surface area contributed by atoms with E-state index in [0.29, 0.717) is 37.4 Å². The van der Waals surface area contributed by atoms with E-state index in [1.165, 1.54) is 0 Å². The molecule has 1 atom stereocenters. The minimum absolute atomic E-state index is 0.0552. The van der Waals surface area contributed by atoms with Gasteiger partial charge in [-0.3, -0.25) is 9.69 Å². The fourth-order valence-corrected chi connectivity index (χ4v) is 4.29. The molecule has 0 bridgehead atoms. The summed E-state index contributed by atoms with van der Waals surface area (Å²) in [6, 6.07) is 14.0. The van der Waals surface area contributed by atoms with E-state index in [9.17, 15) is 9.90 Å². The molecule has 5 nitrogen and oxygen atoms in total. The minimum atomic E-state index is -0.703. The number of nitrogens with zero attached hydrogens (tertiary/aromatic N) is 1. The van der Waals surface area contributed by atoms with Crippen LogP contribution < -0.4 is 9.47 Å². The number of likely N-dealkylation sites (tertiary alicyclic amines) is 1. The zero-order valence-corrected chi connectivity index (χ0v) is 17.1. The van der Waals surface area contributed by atoms with E-state index in [2.05, 4.69) is 33.0 Å². The molecule has 1 heterocycles. The number of rotatable bonds is 6. The van der Waals surface area contributed by atoms with Crippen molar-refractivity contribution in [3.63, 3.8) is 0 Å². The first kappa shape index (κ1) is 19.7. The molecule has 1 fully saturated rings. The molecule has 6 heteroatoms. The summed E-state index contributed by atoms with van der Waals surface area (Å²) in [4.78, 5) is 13.7. The van der Waals surface area contributed by atoms with Gasteiger partial charge in [-0.1, -0.05) is 46.3 Å². The molecule has 0 aromatic heterocycles. The number of para-hydroxylation sites is 1. The normalized spacial score (nSPS) is 16.7. The van der Waals surface area contributed by atoms with Crippen LogP contribution in [0.3, 0.4) is 0 Å². The number of aliphatic carboxylic acids is 1. The third-order valence-corrected chi connectivity index (χ3v) is 5.89. The van der Waals surface area contributed by atoms with Crippen molar-refractivity contribution in [2.45, 2.75) is 18.9 Å². The van der Waals surface area contributed by atoms with Gasteiger partial charge in [0.25, 0.3) is 0 Å². The highest BCUT2D eigenvalue weighted by Crippen LogP contribution is 2.43. The van der Waals surface area contributed by atoms with Gasteiger partial charge in [0, 0.05) is 10.0 Å². The number of methoxy groups -OCH3 is 2. The van der Waals surface area contributed by atoms with Gasteiger partial charge in [-0.05, 0) is 43.6 Å². The Balaban J connectivity index is 2.05. The molecule has 0 spiro atoms. The second-order valence-corrected chi connectivity index (χ2v) is 7.51. The summed E-state index contributed by atoms with van der Waals surface area (Å²) in [5.41, 5.74) is 2.13. The number of hydrogen-bond acceptors (Lipinski definition) is 4. The Bertz CT molecular complexity index is 803. The van der Waals surface area contributed by atoms with E-state index in [-0.39, 0.29) is 12.0 Å². The van der Waals surface area contributed by atoms with Gasteiger partial charge in [-0.15, -0.1) is 0 Å². The van der Waals surface area contributed by atoms with Crippen LogP contribution >= 0.6 is 15.9 Å². The van der Waals surface area contributed by atoms with Crippen LogP contribution in [0.5, 0.6) is 11.5 Å². The lowest BCUT2D eigenvalue weighted by Gasteiger charge is -2.38. The Morgan fingerprint density at radius 2 is 1.74 bits per heavy atom. The minimum Gasteiger partial charge on any atom is -0.493 e. The van der Waals surface area contributed by atoms with Crippen molar-refractivity contribution in [3.8, 4) is 11.5 Å². The summed E-state index contributed by atoms with van der Waals surface area (Å²) in [6.07, 6.45) is 1.28. The fourth-order valence-electron chi connectivity index (χ4n) is 3.79. The van der Waals surface area contributed by atoms with Crippen molar-refractivity contribution in [3.05, 3.63) is 58.1 Å². The molecule has 2 aromatic rings. The molecular weight excluding hydrogens is 410 g/mol. The monoisotopic (exact) mass is 433 g/mol.